The number of ketones is 1. The number of anilines is 2. The number of hydrogen-bond donors (Lipinski definition) is 5. The van der Waals surface area contributed by atoms with Crippen LogP contribution in [-0.2, 0) is 30.5 Å². The van der Waals surface area contributed by atoms with Gasteiger partial charge < -0.3 is 40.9 Å². The zero-order valence-electron chi connectivity index (χ0n) is 62.1. The number of nitrogens with zero attached hydrogens (tertiary/aromatic N) is 5. The minimum atomic E-state index is -0.823. The normalized spacial score (nSPS) is 19.2. The Balaban J connectivity index is 0.603. The number of amides is 4. The number of Topliss-reactive ketones (excluding diaryl/α,β-unsaturated/α-hetero) is 1. The molecule has 1 unspecified atom stereocenters. The minimum Gasteiger partial charge on any atom is -0.391 e. The number of nitrogens with one attached hydrogen (secondary N) is 4. The lowest BCUT2D eigenvalue weighted by Crippen LogP contribution is -2.50. The average Bonchev–Trinajstić information content (AvgIpc) is 1.44. The van der Waals surface area contributed by atoms with Crippen LogP contribution in [0.3, 0.4) is 0 Å². The quantitative estimate of drug-likeness (QED) is 0.0187. The fourth-order valence-corrected chi connectivity index (χ4v) is 16.9. The monoisotopic (exact) mass is 1460 g/mol. The number of piperazine rings is 1. The molecule has 554 valence electrons. The highest BCUT2D eigenvalue weighted by atomic mass is 35.5. The largest absolute Gasteiger partial charge is 0.391 e. The molecule has 0 spiro atoms. The maximum absolute atomic E-state index is 14.3. The molecule has 1 aliphatic carbocycles. The first-order valence-electron chi connectivity index (χ1n) is 37.9. The molecule has 5 aromatic carbocycles. The Morgan fingerprint density at radius 1 is 0.786 bits per heavy atom. The highest BCUT2D eigenvalue weighted by molar-refractivity contribution is 7.99. The van der Waals surface area contributed by atoms with Crippen LogP contribution in [0.2, 0.25) is 5.02 Å². The number of aliphatic hydroxyl groups is 1. The number of carbonyl (C=O) groups excluding carboxylic acids is 5. The van der Waals surface area contributed by atoms with Gasteiger partial charge in [0.05, 0.1) is 41.4 Å². The summed E-state index contributed by atoms with van der Waals surface area (Å²) in [6.07, 6.45) is 12.0. The van der Waals surface area contributed by atoms with Crippen LogP contribution in [0, 0.1) is 30.6 Å². The summed E-state index contributed by atoms with van der Waals surface area (Å²) < 4.78 is 5.60. The van der Waals surface area contributed by atoms with Crippen LogP contribution in [0.15, 0.2) is 137 Å². The van der Waals surface area contributed by atoms with Gasteiger partial charge in [-0.2, -0.15) is 0 Å². The topological polar surface area (TPSA) is 189 Å². The van der Waals surface area contributed by atoms with E-state index in [9.17, 15) is 29.1 Å². The van der Waals surface area contributed by atoms with Crippen molar-refractivity contribution in [2.45, 2.75) is 187 Å². The SMILES string of the molecule is Cc1cc(CNC(=O)c2ccc(N3CCN(CC4=C(c5ccc(Cl)cc5)CCC(C)(CNC(=O)CCCCCCCCCCC(=O)C[C@H](C(=O)N5C[C@H](O)C[C@H]5C(=O)N[C@@H](C)c5ccc(-c6scnc6C)cc5)C(C)(C)C)C4)CC3)cc2)ccc1N[C@H](CCN1CCOCC1)CSc1ccccc1. The van der Waals surface area contributed by atoms with Crippen LogP contribution in [0.4, 0.5) is 11.4 Å². The molecule has 5 N–H and O–H groups in total. The number of aryl methyl sites for hydroxylation is 2. The number of aromatic nitrogens is 1. The predicted molar refractivity (Wildman–Crippen MR) is 421 cm³/mol. The molecule has 0 bridgehead atoms. The van der Waals surface area contributed by atoms with E-state index in [4.69, 9.17) is 16.3 Å². The molecule has 4 aliphatic rings. The zero-order valence-corrected chi connectivity index (χ0v) is 64.4. The summed E-state index contributed by atoms with van der Waals surface area (Å²) in [7, 11) is 0. The summed E-state index contributed by atoms with van der Waals surface area (Å²) in [6.45, 7) is 24.5. The number of hydrogen-bond acceptors (Lipinski definition) is 14. The fraction of sp³-hybridized carbons (Fsp3) is 0.524. The third kappa shape index (κ3) is 23.5. The molecule has 3 fully saturated rings. The molecule has 0 radical (unpaired) electrons. The van der Waals surface area contributed by atoms with Crippen LogP contribution >= 0.6 is 34.7 Å². The lowest BCUT2D eigenvalue weighted by atomic mass is 9.71. The van der Waals surface area contributed by atoms with Crippen molar-refractivity contribution in [3.05, 3.63) is 171 Å². The Kier molecular flexibility index (Phi) is 29.3. The van der Waals surface area contributed by atoms with Gasteiger partial charge in [-0.15, -0.1) is 23.1 Å². The van der Waals surface area contributed by atoms with E-state index in [1.165, 1.54) is 26.5 Å². The first-order valence-corrected chi connectivity index (χ1v) is 40.1. The van der Waals surface area contributed by atoms with Crippen molar-refractivity contribution in [3.8, 4) is 10.4 Å². The van der Waals surface area contributed by atoms with Gasteiger partial charge in [0.2, 0.25) is 17.7 Å². The minimum absolute atomic E-state index is 0.0527. The lowest BCUT2D eigenvalue weighted by Gasteiger charge is -2.41. The summed E-state index contributed by atoms with van der Waals surface area (Å²) in [6, 6.07) is 40.6. The number of rotatable bonds is 35. The summed E-state index contributed by atoms with van der Waals surface area (Å²) in [4.78, 5) is 84.3. The number of carbonyl (C=O) groups is 5. The van der Waals surface area contributed by atoms with E-state index in [1.807, 2.05) is 100 Å². The first kappa shape index (κ1) is 78.7. The van der Waals surface area contributed by atoms with Crippen molar-refractivity contribution in [1.82, 2.24) is 35.6 Å². The molecule has 4 amide bonds. The van der Waals surface area contributed by atoms with E-state index in [0.29, 0.717) is 37.5 Å². The number of β-amino-alcohol motifs (C(OH)–C–C–N with tert-alkyl or cyclic N) is 1. The Labute approximate surface area is 626 Å². The number of unbranched alkanes of at least 4 members (excludes halogenated alkanes) is 7. The Morgan fingerprint density at radius 3 is 2.14 bits per heavy atom. The smallest absolute Gasteiger partial charge is 0.251 e. The molecule has 6 aromatic rings. The second kappa shape index (κ2) is 38.4. The number of allylic oxidation sites excluding steroid dienone is 1. The molecule has 103 heavy (non-hydrogen) atoms. The van der Waals surface area contributed by atoms with E-state index >= 15 is 0 Å². The summed E-state index contributed by atoms with van der Waals surface area (Å²) in [5.74, 6) is -0.131. The predicted octanol–water partition coefficient (Wildman–Crippen LogP) is 15.5. The highest BCUT2D eigenvalue weighted by Crippen LogP contribution is 2.44. The first-order chi connectivity index (χ1) is 49.6. The number of thioether (sulfide) groups is 1. The van der Waals surface area contributed by atoms with Crippen molar-refractivity contribution >= 4 is 81.1 Å². The van der Waals surface area contributed by atoms with Gasteiger partial charge >= 0.3 is 0 Å². The molecule has 19 heteroatoms. The number of likely N-dealkylation sites (tertiary alicyclic amines) is 1. The number of benzene rings is 5. The van der Waals surface area contributed by atoms with Gasteiger partial charge in [-0.25, -0.2) is 4.98 Å². The Morgan fingerprint density at radius 2 is 1.47 bits per heavy atom. The molecule has 1 aromatic heterocycles. The van der Waals surface area contributed by atoms with E-state index in [0.717, 1.165) is 198 Å². The van der Waals surface area contributed by atoms with Gasteiger partial charge in [0.15, 0.2) is 0 Å². The molecule has 0 saturated carbocycles. The summed E-state index contributed by atoms with van der Waals surface area (Å²) in [5, 5.41) is 25.0. The van der Waals surface area contributed by atoms with E-state index in [2.05, 4.69) is 128 Å². The van der Waals surface area contributed by atoms with E-state index in [-0.39, 0.29) is 60.3 Å². The number of halogens is 1. The van der Waals surface area contributed by atoms with Crippen molar-refractivity contribution in [1.29, 1.82) is 0 Å². The van der Waals surface area contributed by atoms with E-state index in [1.54, 1.807) is 11.3 Å². The van der Waals surface area contributed by atoms with Crippen molar-refractivity contribution < 1.29 is 33.8 Å². The van der Waals surface area contributed by atoms with Crippen molar-refractivity contribution in [2.75, 3.05) is 94.6 Å². The number of thiazole rings is 1. The molecular formula is C84H112ClN9O7S2. The second-order valence-electron chi connectivity index (χ2n) is 30.7. The number of morpholine rings is 1. The molecule has 3 aliphatic heterocycles. The third-order valence-electron chi connectivity index (χ3n) is 21.5. The summed E-state index contributed by atoms with van der Waals surface area (Å²) >= 11 is 9.88. The van der Waals surface area contributed by atoms with Crippen LogP contribution in [0.25, 0.3) is 16.0 Å². The standard InChI is InChI=1S/C84H112ClN9O7S2/c1-59-49-62(23-36-76(59)90-69(38-40-91-45-47-101-48-46-91)56-102-73-20-16-14-17-21-73)53-86-80(98)66-30-34-70(35-31-66)93-43-41-92(42-44-93)54-67-52-84(7,39-37-74(67)64-28-32-68(85)33-29-64)57-87-78(97)22-18-13-11-9-8-10-12-15-19-71(95)50-75(83(4,5)6)82(100)94-55-72(96)51-77(94)81(99)89-60(2)63-24-26-65(27-25-63)79-61(3)88-58-103-79/h14,16-17,20-21,23-36,49,58,60,69,72,75,77,90,96H,8-13,15,18-19,22,37-48,50-57H2,1-7H3,(H,86,98)(H,87,97)(H,89,99)/t60-,69+,72+,75+,77-,84?/m0/s1. The molecule has 10 rings (SSSR count). The van der Waals surface area contributed by atoms with Gasteiger partial charge in [0, 0.05) is 142 Å². The number of aliphatic hydroxyl groups excluding tert-OH is 1. The molecule has 16 nitrogen and oxygen atoms in total. The van der Waals surface area contributed by atoms with Gasteiger partial charge in [0.25, 0.3) is 5.91 Å². The molecular weight excluding hydrogens is 1350 g/mol. The maximum Gasteiger partial charge on any atom is 0.251 e. The van der Waals surface area contributed by atoms with Crippen LogP contribution < -0.4 is 26.2 Å². The lowest BCUT2D eigenvalue weighted by molar-refractivity contribution is -0.146. The maximum atomic E-state index is 14.3. The van der Waals surface area contributed by atoms with Gasteiger partial charge in [0.1, 0.15) is 11.8 Å². The third-order valence-corrected chi connectivity index (χ3v) is 23.9. The second-order valence-corrected chi connectivity index (χ2v) is 33.1. The van der Waals surface area contributed by atoms with Crippen LogP contribution in [0.5, 0.6) is 0 Å². The van der Waals surface area contributed by atoms with Crippen LogP contribution in [0.1, 0.15) is 182 Å². The van der Waals surface area contributed by atoms with Crippen molar-refractivity contribution in [3.63, 3.8) is 0 Å². The Bertz CT molecular complexity index is 3760. The van der Waals surface area contributed by atoms with Gasteiger partial charge in [-0.05, 0) is 158 Å². The summed E-state index contributed by atoms with van der Waals surface area (Å²) in [5.41, 5.74) is 13.4. The van der Waals surface area contributed by atoms with Crippen LogP contribution in [-0.4, -0.2) is 157 Å². The fourth-order valence-electron chi connectivity index (χ4n) is 15.0. The van der Waals surface area contributed by atoms with Gasteiger partial charge in [-0.1, -0.05) is 150 Å². The zero-order chi connectivity index (χ0) is 72.9. The Hall–Kier alpha value is -6.90. The average molecular weight is 1460 g/mol. The number of ether oxygens (including phenoxy) is 1. The molecule has 6 atom stereocenters. The highest BCUT2D eigenvalue weighted by Gasteiger charge is 2.45. The molecule has 3 saturated heterocycles. The van der Waals surface area contributed by atoms with Crippen molar-refractivity contribution in [2.24, 2.45) is 16.7 Å². The molecule has 4 heterocycles. The van der Waals surface area contributed by atoms with Gasteiger partial charge in [-0.3, -0.25) is 33.8 Å². The van der Waals surface area contributed by atoms with E-state index < -0.39 is 23.5 Å².